The number of carbonyl (C=O) groups excluding carboxylic acids is 1. The molecule has 13 heteroatoms. The summed E-state index contributed by atoms with van der Waals surface area (Å²) in [6, 6.07) is 14.2. The molecule has 1 aliphatic heterocycles. The average Bonchev–Trinajstić information content (AvgIpc) is 3.37. The number of thiazole rings is 1. The summed E-state index contributed by atoms with van der Waals surface area (Å²) in [5.41, 5.74) is 2.41. The maximum absolute atomic E-state index is 14.2. The minimum Gasteiger partial charge on any atom is -0.493 e. The second kappa shape index (κ2) is 15.6. The monoisotopic (exact) mass is 720 g/mol. The summed E-state index contributed by atoms with van der Waals surface area (Å²) < 4.78 is 30.7. The van der Waals surface area contributed by atoms with E-state index in [0.29, 0.717) is 55.8 Å². The number of fused-ring (bicyclic) bond motifs is 1. The molecule has 0 fully saturated rings. The fourth-order valence-corrected chi connectivity index (χ4v) is 6.76. The largest absolute Gasteiger partial charge is 0.493 e. The number of aromatic nitrogens is 1. The predicted octanol–water partition coefficient (Wildman–Crippen LogP) is 5.92. The number of hydrogen-bond donors (Lipinski definition) is 1. The molecule has 1 aromatic heterocycles. The quantitative estimate of drug-likeness (QED) is 0.167. The van der Waals surface area contributed by atoms with Gasteiger partial charge in [-0.25, -0.2) is 14.6 Å². The third kappa shape index (κ3) is 7.71. The van der Waals surface area contributed by atoms with Gasteiger partial charge in [-0.1, -0.05) is 41.1 Å². The second-order valence-electron chi connectivity index (χ2n) is 11.4. The van der Waals surface area contributed by atoms with E-state index in [-0.39, 0.29) is 41.0 Å². The molecule has 11 nitrogen and oxygen atoms in total. The van der Waals surface area contributed by atoms with Crippen LogP contribution in [0, 0.1) is 0 Å². The molecule has 4 aromatic rings. The number of hydrogen-bond acceptors (Lipinski definition) is 10. The molecule has 0 saturated carbocycles. The van der Waals surface area contributed by atoms with E-state index in [0.717, 1.165) is 5.56 Å². The Bertz CT molecular complexity index is 2140. The molecule has 0 bridgehead atoms. The number of aromatic carboxylic acids is 1. The Morgan fingerprint density at radius 3 is 2.40 bits per heavy atom. The van der Waals surface area contributed by atoms with E-state index >= 15 is 0 Å². The number of allylic oxidation sites excluding steroid dienone is 1. The fraction of sp³-hybridized carbons (Fsp3) is 0.297. The highest BCUT2D eigenvalue weighted by Gasteiger charge is 2.34. The van der Waals surface area contributed by atoms with E-state index < -0.39 is 18.0 Å². The third-order valence-electron chi connectivity index (χ3n) is 7.60. The minimum absolute atomic E-state index is 0.0973. The van der Waals surface area contributed by atoms with E-state index in [4.69, 9.17) is 35.3 Å². The summed E-state index contributed by atoms with van der Waals surface area (Å²) in [7, 11) is 1.53. The van der Waals surface area contributed by atoms with Crippen LogP contribution in [0.25, 0.3) is 6.08 Å². The third-order valence-corrected chi connectivity index (χ3v) is 8.86. The van der Waals surface area contributed by atoms with Crippen LogP contribution < -0.4 is 33.8 Å². The highest BCUT2D eigenvalue weighted by Crippen LogP contribution is 2.38. The van der Waals surface area contributed by atoms with Crippen molar-refractivity contribution in [2.24, 2.45) is 4.99 Å². The number of ether oxygens (including phenoxy) is 5. The zero-order valence-electron chi connectivity index (χ0n) is 28.4. The van der Waals surface area contributed by atoms with Crippen LogP contribution in [0.1, 0.15) is 67.7 Å². The Morgan fingerprint density at radius 2 is 1.76 bits per heavy atom. The van der Waals surface area contributed by atoms with Crippen molar-refractivity contribution in [2.75, 3.05) is 20.3 Å². The van der Waals surface area contributed by atoms with Crippen LogP contribution in [0.5, 0.6) is 23.0 Å². The first kappa shape index (κ1) is 36.2. The van der Waals surface area contributed by atoms with Crippen LogP contribution in [0.4, 0.5) is 0 Å². The molecule has 0 unspecified atom stereocenters. The van der Waals surface area contributed by atoms with Crippen molar-refractivity contribution in [2.45, 2.75) is 53.4 Å². The Hall–Kier alpha value is -5.07. The number of nitrogens with zero attached hydrogens (tertiary/aromatic N) is 2. The van der Waals surface area contributed by atoms with Crippen LogP contribution >= 0.6 is 22.9 Å². The number of carboxylic acid groups (broad SMARTS) is 1. The van der Waals surface area contributed by atoms with Gasteiger partial charge in [-0.15, -0.1) is 0 Å². The SMILES string of the molecule is CCOC(=O)C1=C(C)N=c2s/c(=C\c3cc(Cl)c(OCc4ccc(C(=O)O)cc4)c(OCC)c3)c(=O)n2[C@@H]1c1ccc(OC(C)C)c(OC)c1. The number of benzene rings is 3. The van der Waals surface area contributed by atoms with E-state index in [1.165, 1.54) is 35.1 Å². The highest BCUT2D eigenvalue weighted by atomic mass is 35.5. The second-order valence-corrected chi connectivity index (χ2v) is 12.8. The molecular formula is C37H37ClN2O9S. The van der Waals surface area contributed by atoms with Crippen molar-refractivity contribution >= 4 is 41.0 Å². The van der Waals surface area contributed by atoms with Crippen molar-refractivity contribution in [3.8, 4) is 23.0 Å². The molecule has 0 saturated heterocycles. The molecule has 262 valence electrons. The lowest BCUT2D eigenvalue weighted by Crippen LogP contribution is -2.40. The van der Waals surface area contributed by atoms with Gasteiger partial charge in [0.2, 0.25) is 0 Å². The Kier molecular flexibility index (Phi) is 11.3. The molecule has 1 atom stereocenters. The van der Waals surface area contributed by atoms with Crippen LogP contribution in [0.2, 0.25) is 5.02 Å². The van der Waals surface area contributed by atoms with Gasteiger partial charge in [-0.3, -0.25) is 9.36 Å². The van der Waals surface area contributed by atoms with E-state index in [1.807, 2.05) is 20.8 Å². The van der Waals surface area contributed by atoms with E-state index in [1.54, 1.807) is 62.4 Å². The van der Waals surface area contributed by atoms with E-state index in [2.05, 4.69) is 4.99 Å². The maximum Gasteiger partial charge on any atom is 0.338 e. The van der Waals surface area contributed by atoms with Crippen LogP contribution in [-0.4, -0.2) is 48.0 Å². The number of rotatable bonds is 13. The molecule has 1 aliphatic rings. The predicted molar refractivity (Wildman–Crippen MR) is 190 cm³/mol. The standard InChI is InChI=1S/C37H37ClN2O9S/c1-7-46-29-16-23(15-26(38)33(29)48-19-22-9-11-24(12-10-22)35(42)43)17-30-34(41)40-32(25-13-14-27(49-20(3)4)28(18-25)45-6)31(36(44)47-8-2)21(5)39-37(40)50-30/h9-18,20,32H,7-8,19H2,1-6H3,(H,42,43)/b30-17-/t32-/m1/s1. The first-order chi connectivity index (χ1) is 23.9. The summed E-state index contributed by atoms with van der Waals surface area (Å²) >= 11 is 7.88. The summed E-state index contributed by atoms with van der Waals surface area (Å²) in [6.45, 7) is 9.68. The molecular weight excluding hydrogens is 684 g/mol. The zero-order chi connectivity index (χ0) is 36.1. The lowest BCUT2D eigenvalue weighted by atomic mass is 9.95. The van der Waals surface area contributed by atoms with Crippen molar-refractivity contribution in [1.82, 2.24) is 4.57 Å². The smallest absolute Gasteiger partial charge is 0.338 e. The van der Waals surface area contributed by atoms with Gasteiger partial charge in [-0.2, -0.15) is 0 Å². The highest BCUT2D eigenvalue weighted by molar-refractivity contribution is 7.07. The number of methoxy groups -OCH3 is 1. The topological polar surface area (TPSA) is 135 Å². The van der Waals surface area contributed by atoms with Gasteiger partial charge in [0.1, 0.15) is 6.61 Å². The van der Waals surface area contributed by atoms with Gasteiger partial charge in [0.05, 0.1) is 58.9 Å². The van der Waals surface area contributed by atoms with Crippen molar-refractivity contribution in [3.63, 3.8) is 0 Å². The van der Waals surface area contributed by atoms with Crippen molar-refractivity contribution < 1.29 is 38.4 Å². The van der Waals surface area contributed by atoms with Gasteiger partial charge in [-0.05, 0) is 93.8 Å². The van der Waals surface area contributed by atoms with Gasteiger partial charge < -0.3 is 28.8 Å². The molecule has 3 aromatic carbocycles. The summed E-state index contributed by atoms with van der Waals surface area (Å²) in [5.74, 6) is 0.0732. The van der Waals surface area contributed by atoms with Crippen LogP contribution in [0.15, 0.2) is 75.7 Å². The fourth-order valence-electron chi connectivity index (χ4n) is 5.44. The van der Waals surface area contributed by atoms with Crippen molar-refractivity contribution in [3.05, 3.63) is 113 Å². The lowest BCUT2D eigenvalue weighted by Gasteiger charge is -2.25. The van der Waals surface area contributed by atoms with E-state index in [9.17, 15) is 19.5 Å². The van der Waals surface area contributed by atoms with Gasteiger partial charge in [0.25, 0.3) is 5.56 Å². The molecule has 5 rings (SSSR count). The summed E-state index contributed by atoms with van der Waals surface area (Å²) in [5, 5.41) is 9.43. The number of halogens is 1. The van der Waals surface area contributed by atoms with Crippen LogP contribution in [-0.2, 0) is 16.1 Å². The van der Waals surface area contributed by atoms with Gasteiger partial charge in [0.15, 0.2) is 27.8 Å². The van der Waals surface area contributed by atoms with Crippen molar-refractivity contribution in [1.29, 1.82) is 0 Å². The first-order valence-electron chi connectivity index (χ1n) is 15.9. The van der Waals surface area contributed by atoms with Gasteiger partial charge >= 0.3 is 11.9 Å². The number of carbonyl (C=O) groups is 2. The molecule has 1 N–H and O–H groups in total. The average molecular weight is 721 g/mol. The first-order valence-corrected chi connectivity index (χ1v) is 17.1. The molecule has 0 radical (unpaired) electrons. The van der Waals surface area contributed by atoms with Crippen LogP contribution in [0.3, 0.4) is 0 Å². The molecule has 2 heterocycles. The minimum atomic E-state index is -1.02. The normalized spacial score (nSPS) is 14.2. The number of esters is 1. The Morgan fingerprint density at radius 1 is 1.02 bits per heavy atom. The van der Waals surface area contributed by atoms with Gasteiger partial charge in [0, 0.05) is 0 Å². The number of carboxylic acids is 1. The summed E-state index contributed by atoms with van der Waals surface area (Å²) in [6.07, 6.45) is 1.59. The Balaban J connectivity index is 1.57. The molecule has 0 spiro atoms. The Labute approximate surface area is 297 Å². The molecule has 0 amide bonds. The molecule has 50 heavy (non-hydrogen) atoms. The molecule has 0 aliphatic carbocycles. The zero-order valence-corrected chi connectivity index (χ0v) is 30.0. The maximum atomic E-state index is 14.2. The lowest BCUT2D eigenvalue weighted by molar-refractivity contribution is -0.139. The summed E-state index contributed by atoms with van der Waals surface area (Å²) in [4.78, 5) is 43.8.